The Hall–Kier alpha value is -2.16. The molecular weight excluding hydrogens is 568 g/mol. The van der Waals surface area contributed by atoms with Crippen molar-refractivity contribution in [3.05, 3.63) is 23.8 Å². The highest BCUT2D eigenvalue weighted by molar-refractivity contribution is 5.81. The summed E-state index contributed by atoms with van der Waals surface area (Å²) >= 11 is 0. The average molecular weight is 629 g/mol. The maximum absolute atomic E-state index is 14.0. The van der Waals surface area contributed by atoms with Crippen LogP contribution in [0.5, 0.6) is 11.5 Å². The second-order valence-corrected chi connectivity index (χ2v) is 14.2. The van der Waals surface area contributed by atoms with Gasteiger partial charge in [-0.05, 0) is 114 Å². The lowest BCUT2D eigenvalue weighted by atomic mass is 9.74. The molecule has 2 aliphatic heterocycles. The first-order chi connectivity index (χ1) is 21.9. The van der Waals surface area contributed by atoms with Gasteiger partial charge in [-0.25, -0.2) is 0 Å². The number of benzene rings is 1. The molecule has 5 atom stereocenters. The van der Waals surface area contributed by atoms with Crippen molar-refractivity contribution in [1.82, 2.24) is 9.80 Å². The average Bonchev–Trinajstić information content (AvgIpc) is 3.21. The molecule has 1 aliphatic carbocycles. The molecule has 0 radical (unpaired) electrons. The molecule has 8 nitrogen and oxygen atoms in total. The van der Waals surface area contributed by atoms with Gasteiger partial charge in [-0.1, -0.05) is 45.1 Å². The van der Waals surface area contributed by atoms with Gasteiger partial charge in [-0.3, -0.25) is 14.5 Å². The van der Waals surface area contributed by atoms with Crippen molar-refractivity contribution in [1.29, 1.82) is 0 Å². The van der Waals surface area contributed by atoms with Crippen molar-refractivity contribution in [3.63, 3.8) is 0 Å². The Morgan fingerprint density at radius 1 is 1.02 bits per heavy atom. The van der Waals surface area contributed by atoms with Gasteiger partial charge in [-0.15, -0.1) is 0 Å². The normalized spacial score (nSPS) is 24.7. The number of aliphatic carboxylic acids is 1. The number of fused-ring (bicyclic) bond motifs is 1. The zero-order chi connectivity index (χ0) is 32.0. The zero-order valence-corrected chi connectivity index (χ0v) is 28.4. The van der Waals surface area contributed by atoms with Crippen molar-refractivity contribution in [2.45, 2.75) is 109 Å². The molecule has 2 fully saturated rings. The number of ether oxygens (including phenoxy) is 3. The van der Waals surface area contributed by atoms with E-state index in [1.807, 2.05) is 18.2 Å². The van der Waals surface area contributed by atoms with Crippen LogP contribution < -0.4 is 9.47 Å². The van der Waals surface area contributed by atoms with Crippen LogP contribution in [0.4, 0.5) is 0 Å². The molecule has 0 spiro atoms. The molecule has 0 bridgehead atoms. The summed E-state index contributed by atoms with van der Waals surface area (Å²) in [6.07, 6.45) is 14.9. The minimum atomic E-state index is -0.725. The van der Waals surface area contributed by atoms with Crippen molar-refractivity contribution in [3.8, 4) is 11.5 Å². The molecule has 0 amide bonds. The van der Waals surface area contributed by atoms with E-state index in [9.17, 15) is 14.7 Å². The number of carboxylic acid groups (broad SMARTS) is 1. The number of carbonyl (C=O) groups excluding carboxylic acids is 1. The first-order valence-corrected chi connectivity index (χ1v) is 18.0. The Bertz CT molecular complexity index is 1040. The fourth-order valence-electron chi connectivity index (χ4n) is 7.83. The maximum Gasteiger partial charge on any atom is 0.307 e. The summed E-state index contributed by atoms with van der Waals surface area (Å²) < 4.78 is 17.1. The van der Waals surface area contributed by atoms with E-state index in [1.54, 1.807) is 0 Å². The third-order valence-corrected chi connectivity index (χ3v) is 10.4. The first-order valence-electron chi connectivity index (χ1n) is 18.0. The van der Waals surface area contributed by atoms with Crippen LogP contribution in [0.3, 0.4) is 0 Å². The van der Waals surface area contributed by atoms with Crippen LogP contribution in [0.25, 0.3) is 0 Å². The Morgan fingerprint density at radius 2 is 1.82 bits per heavy atom. The van der Waals surface area contributed by atoms with Crippen LogP contribution >= 0.6 is 0 Å². The molecule has 1 saturated heterocycles. The van der Waals surface area contributed by atoms with Crippen molar-refractivity contribution in [2.75, 3.05) is 53.9 Å². The van der Waals surface area contributed by atoms with Crippen LogP contribution in [0.15, 0.2) is 18.2 Å². The second kappa shape index (κ2) is 18.9. The fourth-order valence-corrected chi connectivity index (χ4v) is 7.83. The minimum absolute atomic E-state index is 0.0401. The van der Waals surface area contributed by atoms with Crippen LogP contribution in [0.2, 0.25) is 0 Å². The Morgan fingerprint density at radius 3 is 2.60 bits per heavy atom. The molecule has 254 valence electrons. The summed E-state index contributed by atoms with van der Waals surface area (Å²) in [6, 6.07) is 5.94. The number of hydrogen-bond acceptors (Lipinski definition) is 7. The number of rotatable bonds is 18. The molecular formula is C37H60N2O6. The molecule has 1 N–H and O–H groups in total. The lowest BCUT2D eigenvalue weighted by Gasteiger charge is -2.31. The number of Topliss-reactive ketones (excluding diaryl/α,β-unsaturated/α-hetero) is 1. The predicted molar refractivity (Wildman–Crippen MR) is 178 cm³/mol. The fraction of sp³-hybridized carbons (Fsp3) is 0.784. The van der Waals surface area contributed by atoms with E-state index in [2.05, 4.69) is 30.8 Å². The summed E-state index contributed by atoms with van der Waals surface area (Å²) in [7, 11) is 4.23. The van der Waals surface area contributed by atoms with E-state index in [0.29, 0.717) is 30.4 Å². The Balaban J connectivity index is 1.50. The van der Waals surface area contributed by atoms with Crippen LogP contribution in [-0.2, 0) is 14.3 Å². The minimum Gasteiger partial charge on any atom is -0.481 e. The van der Waals surface area contributed by atoms with Gasteiger partial charge in [-0.2, -0.15) is 0 Å². The monoisotopic (exact) mass is 628 g/mol. The summed E-state index contributed by atoms with van der Waals surface area (Å²) in [5, 5.41) is 10.7. The Kier molecular flexibility index (Phi) is 15.0. The highest BCUT2D eigenvalue weighted by Crippen LogP contribution is 2.47. The van der Waals surface area contributed by atoms with Gasteiger partial charge in [0, 0.05) is 32.0 Å². The van der Waals surface area contributed by atoms with Gasteiger partial charge in [0.15, 0.2) is 11.5 Å². The molecule has 0 aromatic heterocycles. The predicted octanol–water partition coefficient (Wildman–Crippen LogP) is 7.35. The number of unbranched alkanes of at least 4 members (excludes halogenated alkanes) is 4. The maximum atomic E-state index is 14.0. The molecule has 4 rings (SSSR count). The summed E-state index contributed by atoms with van der Waals surface area (Å²) in [6.45, 7) is 6.78. The van der Waals surface area contributed by atoms with Gasteiger partial charge in [0.1, 0.15) is 5.78 Å². The third-order valence-electron chi connectivity index (χ3n) is 10.4. The number of carbonyl (C=O) groups is 2. The molecule has 1 saturated carbocycles. The van der Waals surface area contributed by atoms with Gasteiger partial charge in [0.25, 0.3) is 0 Å². The van der Waals surface area contributed by atoms with Gasteiger partial charge < -0.3 is 24.2 Å². The largest absolute Gasteiger partial charge is 0.481 e. The molecule has 1 aromatic rings. The van der Waals surface area contributed by atoms with Gasteiger partial charge in [0.2, 0.25) is 6.79 Å². The summed E-state index contributed by atoms with van der Waals surface area (Å²) in [4.78, 5) is 31.6. The SMILES string of the molecule is CCCCCC(CCCCCN(C)C)C(=O)CC1CC[C@@H](CCN2CCCCOC2)[C@H](C(=O)O)[C@@H](c2ccc3c(c2)OCO3)C1. The lowest BCUT2D eigenvalue weighted by molar-refractivity contribution is -0.145. The standard InChI is InChI=1S/C37H60N2O6/c1-4-5-7-12-29(13-8-6-9-19-38(2)3)33(40)24-28-14-15-30(18-21-39-20-10-11-22-43-26-39)36(37(41)42)32(23-28)31-16-17-34-35(25-31)45-27-44-34/h16-17,25,28-30,32,36H,4-15,18-24,26-27H2,1-3H3,(H,41,42)/t28?,29?,30-,32+,36-/m0/s1. The highest BCUT2D eigenvalue weighted by atomic mass is 16.7. The third kappa shape index (κ3) is 11.2. The van der Waals surface area contributed by atoms with E-state index in [1.165, 1.54) is 12.8 Å². The summed E-state index contributed by atoms with van der Waals surface area (Å²) in [5.74, 6) is 0.750. The molecule has 2 unspecified atom stereocenters. The lowest BCUT2D eigenvalue weighted by Crippen LogP contribution is -2.33. The van der Waals surface area contributed by atoms with E-state index < -0.39 is 11.9 Å². The number of carboxylic acids is 1. The van der Waals surface area contributed by atoms with Crippen LogP contribution in [-0.4, -0.2) is 80.5 Å². The number of nitrogens with zero attached hydrogens (tertiary/aromatic N) is 2. The molecule has 3 aliphatic rings. The zero-order valence-electron chi connectivity index (χ0n) is 28.4. The molecule has 2 heterocycles. The number of hydrogen-bond donors (Lipinski definition) is 1. The highest BCUT2D eigenvalue weighted by Gasteiger charge is 2.41. The van der Waals surface area contributed by atoms with E-state index in [0.717, 1.165) is 109 Å². The van der Waals surface area contributed by atoms with E-state index >= 15 is 0 Å². The molecule has 1 aromatic carbocycles. The van der Waals surface area contributed by atoms with Crippen molar-refractivity contribution >= 4 is 11.8 Å². The van der Waals surface area contributed by atoms with E-state index in [4.69, 9.17) is 14.2 Å². The van der Waals surface area contributed by atoms with Crippen molar-refractivity contribution < 1.29 is 28.9 Å². The van der Waals surface area contributed by atoms with Crippen LogP contribution in [0, 0.1) is 23.7 Å². The van der Waals surface area contributed by atoms with Gasteiger partial charge >= 0.3 is 5.97 Å². The van der Waals surface area contributed by atoms with Crippen LogP contribution in [0.1, 0.15) is 115 Å². The molecule has 8 heteroatoms. The van der Waals surface area contributed by atoms with Gasteiger partial charge in [0.05, 0.1) is 12.6 Å². The van der Waals surface area contributed by atoms with Crippen molar-refractivity contribution in [2.24, 2.45) is 23.7 Å². The Labute approximate surface area is 272 Å². The molecule has 45 heavy (non-hydrogen) atoms. The first kappa shape index (κ1) is 35.7. The van der Waals surface area contributed by atoms with E-state index in [-0.39, 0.29) is 30.5 Å². The smallest absolute Gasteiger partial charge is 0.307 e. The quantitative estimate of drug-likeness (QED) is 0.133. The summed E-state index contributed by atoms with van der Waals surface area (Å²) in [5.41, 5.74) is 0.995. The second-order valence-electron chi connectivity index (χ2n) is 14.2. The number of ketones is 1. The topological polar surface area (TPSA) is 88.5 Å².